The third kappa shape index (κ3) is 2.81. The van der Waals surface area contributed by atoms with Crippen LogP contribution in [-0.2, 0) is 13.5 Å². The molecule has 0 amide bonds. The highest BCUT2D eigenvalue weighted by Crippen LogP contribution is 2.36. The van der Waals surface area contributed by atoms with Gasteiger partial charge >= 0.3 is 0 Å². The molecule has 1 aliphatic rings. The Morgan fingerprint density at radius 3 is 2.95 bits per heavy atom. The SMILES string of the molecule is CCNC(Cc1cc(C)nn1C)C1COc2ccccc21. The molecular formula is C17H23N3O. The number of nitrogens with one attached hydrogen (secondary N) is 1. The van der Waals surface area contributed by atoms with E-state index in [0.29, 0.717) is 12.0 Å². The van der Waals surface area contributed by atoms with E-state index in [2.05, 4.69) is 41.6 Å². The number of rotatable bonds is 5. The molecule has 0 aliphatic carbocycles. The van der Waals surface area contributed by atoms with E-state index in [4.69, 9.17) is 4.74 Å². The normalized spacial score (nSPS) is 18.3. The van der Waals surface area contributed by atoms with Gasteiger partial charge in [-0.1, -0.05) is 25.1 Å². The topological polar surface area (TPSA) is 39.1 Å². The smallest absolute Gasteiger partial charge is 0.122 e. The van der Waals surface area contributed by atoms with Gasteiger partial charge in [0.2, 0.25) is 0 Å². The Kier molecular flexibility index (Phi) is 3.97. The van der Waals surface area contributed by atoms with Gasteiger partial charge in [0.05, 0.1) is 12.3 Å². The first-order valence-electron chi connectivity index (χ1n) is 7.63. The van der Waals surface area contributed by atoms with Crippen molar-refractivity contribution >= 4 is 0 Å². The van der Waals surface area contributed by atoms with Crippen LogP contribution < -0.4 is 10.1 Å². The summed E-state index contributed by atoms with van der Waals surface area (Å²) in [5.41, 5.74) is 3.66. The largest absolute Gasteiger partial charge is 0.493 e. The van der Waals surface area contributed by atoms with Crippen molar-refractivity contribution in [2.45, 2.75) is 32.2 Å². The molecule has 2 atom stereocenters. The molecule has 0 spiro atoms. The van der Waals surface area contributed by atoms with Gasteiger partial charge in [0.1, 0.15) is 5.75 Å². The van der Waals surface area contributed by atoms with Gasteiger partial charge < -0.3 is 10.1 Å². The highest BCUT2D eigenvalue weighted by atomic mass is 16.5. The van der Waals surface area contributed by atoms with Crippen LogP contribution in [0.3, 0.4) is 0 Å². The van der Waals surface area contributed by atoms with Crippen molar-refractivity contribution in [1.29, 1.82) is 0 Å². The van der Waals surface area contributed by atoms with E-state index in [1.165, 1.54) is 11.3 Å². The maximum atomic E-state index is 5.85. The average molecular weight is 285 g/mol. The Labute approximate surface area is 126 Å². The van der Waals surface area contributed by atoms with Crippen LogP contribution >= 0.6 is 0 Å². The van der Waals surface area contributed by atoms with Crippen LogP contribution in [0.15, 0.2) is 30.3 Å². The fraction of sp³-hybridized carbons (Fsp3) is 0.471. The monoisotopic (exact) mass is 285 g/mol. The molecule has 0 fully saturated rings. The molecule has 21 heavy (non-hydrogen) atoms. The lowest BCUT2D eigenvalue weighted by Gasteiger charge is -2.23. The molecule has 0 saturated heterocycles. The van der Waals surface area contributed by atoms with Crippen molar-refractivity contribution in [3.05, 3.63) is 47.3 Å². The minimum atomic E-state index is 0.369. The first kappa shape index (κ1) is 14.1. The van der Waals surface area contributed by atoms with Gasteiger partial charge in [0.15, 0.2) is 0 Å². The molecule has 1 aromatic heterocycles. The van der Waals surface area contributed by atoms with E-state index in [9.17, 15) is 0 Å². The number of aryl methyl sites for hydroxylation is 2. The van der Waals surface area contributed by atoms with E-state index in [1.807, 2.05) is 24.7 Å². The standard InChI is InChI=1S/C17H23N3O/c1-4-18-16(10-13-9-12(2)19-20(13)3)15-11-21-17-8-6-5-7-14(15)17/h5-9,15-16,18H,4,10-11H2,1-3H3. The molecule has 1 aliphatic heterocycles. The van der Waals surface area contributed by atoms with Crippen molar-refractivity contribution in [3.63, 3.8) is 0 Å². The third-order valence-corrected chi connectivity index (χ3v) is 4.22. The number of benzene rings is 1. The quantitative estimate of drug-likeness (QED) is 0.917. The van der Waals surface area contributed by atoms with E-state index < -0.39 is 0 Å². The second kappa shape index (κ2) is 5.90. The number of hydrogen-bond donors (Lipinski definition) is 1. The summed E-state index contributed by atoms with van der Waals surface area (Å²) in [5, 5.41) is 8.08. The predicted molar refractivity (Wildman–Crippen MR) is 83.8 cm³/mol. The fourth-order valence-electron chi connectivity index (χ4n) is 3.22. The van der Waals surface area contributed by atoms with E-state index in [1.54, 1.807) is 0 Å². The average Bonchev–Trinajstić information content (AvgIpc) is 3.02. The van der Waals surface area contributed by atoms with Crippen LogP contribution in [0.25, 0.3) is 0 Å². The number of para-hydroxylation sites is 1. The van der Waals surface area contributed by atoms with Gasteiger partial charge in [-0.3, -0.25) is 4.68 Å². The third-order valence-electron chi connectivity index (χ3n) is 4.22. The van der Waals surface area contributed by atoms with Crippen LogP contribution in [0.4, 0.5) is 0 Å². The van der Waals surface area contributed by atoms with Crippen molar-refractivity contribution in [2.75, 3.05) is 13.2 Å². The second-order valence-electron chi connectivity index (χ2n) is 5.72. The Hall–Kier alpha value is -1.81. The summed E-state index contributed by atoms with van der Waals surface area (Å²) in [6.45, 7) is 5.91. The minimum Gasteiger partial charge on any atom is -0.493 e. The lowest BCUT2D eigenvalue weighted by atomic mass is 9.90. The molecule has 4 nitrogen and oxygen atoms in total. The Morgan fingerprint density at radius 2 is 2.24 bits per heavy atom. The Balaban J connectivity index is 1.84. The summed E-state index contributed by atoms with van der Waals surface area (Å²) in [6, 6.07) is 10.9. The van der Waals surface area contributed by atoms with Crippen molar-refractivity contribution in [2.24, 2.45) is 7.05 Å². The molecular weight excluding hydrogens is 262 g/mol. The maximum Gasteiger partial charge on any atom is 0.122 e. The molecule has 0 saturated carbocycles. The fourth-order valence-corrected chi connectivity index (χ4v) is 3.22. The molecule has 0 bridgehead atoms. The molecule has 4 heteroatoms. The Bertz CT molecular complexity index is 620. The number of aromatic nitrogens is 2. The van der Waals surface area contributed by atoms with Crippen LogP contribution in [0.1, 0.15) is 29.8 Å². The summed E-state index contributed by atoms with van der Waals surface area (Å²) < 4.78 is 7.84. The van der Waals surface area contributed by atoms with Gasteiger partial charge in [-0.25, -0.2) is 0 Å². The first-order chi connectivity index (χ1) is 10.2. The van der Waals surface area contributed by atoms with E-state index >= 15 is 0 Å². The van der Waals surface area contributed by atoms with Gasteiger partial charge in [-0.15, -0.1) is 0 Å². The molecule has 0 radical (unpaired) electrons. The first-order valence-corrected chi connectivity index (χ1v) is 7.63. The summed E-state index contributed by atoms with van der Waals surface area (Å²) in [5.74, 6) is 1.43. The zero-order chi connectivity index (χ0) is 14.8. The number of hydrogen-bond acceptors (Lipinski definition) is 3. The number of nitrogens with zero attached hydrogens (tertiary/aromatic N) is 2. The lowest BCUT2D eigenvalue weighted by Crippen LogP contribution is -2.38. The Morgan fingerprint density at radius 1 is 1.43 bits per heavy atom. The summed E-state index contributed by atoms with van der Waals surface area (Å²) in [4.78, 5) is 0. The molecule has 2 unspecified atom stereocenters. The lowest BCUT2D eigenvalue weighted by molar-refractivity contribution is 0.296. The summed E-state index contributed by atoms with van der Waals surface area (Å²) in [7, 11) is 2.02. The van der Waals surface area contributed by atoms with Gasteiger partial charge in [-0.2, -0.15) is 5.10 Å². The molecule has 3 rings (SSSR count). The van der Waals surface area contributed by atoms with Crippen LogP contribution in [0, 0.1) is 6.92 Å². The van der Waals surface area contributed by atoms with E-state index in [-0.39, 0.29) is 0 Å². The van der Waals surface area contributed by atoms with Crippen molar-refractivity contribution in [1.82, 2.24) is 15.1 Å². The molecule has 112 valence electrons. The highest BCUT2D eigenvalue weighted by molar-refractivity contribution is 5.40. The molecule has 2 aromatic rings. The zero-order valence-electron chi connectivity index (χ0n) is 13.0. The number of fused-ring (bicyclic) bond motifs is 1. The maximum absolute atomic E-state index is 5.85. The van der Waals surface area contributed by atoms with Gasteiger partial charge in [0.25, 0.3) is 0 Å². The van der Waals surface area contributed by atoms with Gasteiger partial charge in [0, 0.05) is 36.7 Å². The van der Waals surface area contributed by atoms with Crippen LogP contribution in [0.2, 0.25) is 0 Å². The van der Waals surface area contributed by atoms with Crippen molar-refractivity contribution in [3.8, 4) is 5.75 Å². The summed E-state index contributed by atoms with van der Waals surface area (Å²) in [6.07, 6.45) is 0.966. The summed E-state index contributed by atoms with van der Waals surface area (Å²) >= 11 is 0. The predicted octanol–water partition coefficient (Wildman–Crippen LogP) is 2.43. The zero-order valence-corrected chi connectivity index (χ0v) is 13.0. The van der Waals surface area contributed by atoms with Crippen molar-refractivity contribution < 1.29 is 4.74 Å². The number of likely N-dealkylation sites (N-methyl/N-ethyl adjacent to an activating group) is 1. The molecule has 1 aromatic carbocycles. The molecule has 1 N–H and O–H groups in total. The number of ether oxygens (including phenoxy) is 1. The molecule has 2 heterocycles. The van der Waals surface area contributed by atoms with Crippen LogP contribution in [-0.4, -0.2) is 29.0 Å². The second-order valence-corrected chi connectivity index (χ2v) is 5.72. The van der Waals surface area contributed by atoms with E-state index in [0.717, 1.165) is 31.0 Å². The minimum absolute atomic E-state index is 0.369. The van der Waals surface area contributed by atoms with Gasteiger partial charge in [-0.05, 0) is 25.6 Å². The van der Waals surface area contributed by atoms with Crippen LogP contribution in [0.5, 0.6) is 5.75 Å². The highest BCUT2D eigenvalue weighted by Gasteiger charge is 2.31.